The number of hydrogen-bond donors (Lipinski definition) is 3. The van der Waals surface area contributed by atoms with Gasteiger partial charge in [-0.3, -0.25) is 19.2 Å². The molecule has 1 unspecified atom stereocenters. The van der Waals surface area contributed by atoms with Gasteiger partial charge in [-0.1, -0.05) is 30.0 Å². The largest absolute Gasteiger partial charge is 0.477 e. The molecule has 2 atom stereocenters. The standard InChI is InChI=1S/C20H22N6O4S2/c1-2-25-10-22-20(24-25)32-9-12-8-31-18-15(17(28)26(18)16(12)19(29)30)23-14(27)7-11-5-3-4-6-13(11)21/h3-6,10,15,18H,2,7-9,21H2,1H3,(H,23,27)(H,29,30)/t15?,18-/m1/s1. The number of aromatic nitrogens is 3. The van der Waals surface area contributed by atoms with Gasteiger partial charge in [0.2, 0.25) is 11.1 Å². The van der Waals surface area contributed by atoms with E-state index in [9.17, 15) is 19.5 Å². The third kappa shape index (κ3) is 4.32. The second-order valence-corrected chi connectivity index (χ2v) is 9.31. The zero-order valence-electron chi connectivity index (χ0n) is 17.2. The number of fused-ring (bicyclic) bond motifs is 1. The Hall–Kier alpha value is -2.99. The van der Waals surface area contributed by atoms with Crippen LogP contribution < -0.4 is 11.1 Å². The second-order valence-electron chi connectivity index (χ2n) is 7.26. The van der Waals surface area contributed by atoms with E-state index in [1.165, 1.54) is 28.4 Å². The number of nitrogens with zero attached hydrogens (tertiary/aromatic N) is 4. The van der Waals surface area contributed by atoms with E-state index in [-0.39, 0.29) is 18.0 Å². The molecule has 168 valence electrons. The van der Waals surface area contributed by atoms with Crippen LogP contribution in [0.4, 0.5) is 5.69 Å². The number of β-lactam (4-membered cyclic amide) rings is 1. The van der Waals surface area contributed by atoms with Gasteiger partial charge < -0.3 is 16.2 Å². The fourth-order valence-corrected chi connectivity index (χ4v) is 5.84. The van der Waals surface area contributed by atoms with Crippen molar-refractivity contribution in [1.82, 2.24) is 25.0 Å². The summed E-state index contributed by atoms with van der Waals surface area (Å²) in [5.74, 6) is -1.11. The lowest BCUT2D eigenvalue weighted by atomic mass is 10.0. The number of para-hydroxylation sites is 1. The number of carboxylic acids is 1. The van der Waals surface area contributed by atoms with Gasteiger partial charge in [-0.05, 0) is 24.1 Å². The van der Waals surface area contributed by atoms with Crippen LogP contribution in [0, 0.1) is 0 Å². The molecule has 1 fully saturated rings. The average Bonchev–Trinajstić information content (AvgIpc) is 3.25. The fourth-order valence-electron chi connectivity index (χ4n) is 3.53. The van der Waals surface area contributed by atoms with Gasteiger partial charge in [0.25, 0.3) is 5.91 Å². The number of nitrogens with two attached hydrogens (primary N) is 1. The summed E-state index contributed by atoms with van der Waals surface area (Å²) < 4.78 is 1.69. The number of aryl methyl sites for hydroxylation is 1. The first-order valence-electron chi connectivity index (χ1n) is 9.94. The molecule has 2 aromatic rings. The lowest BCUT2D eigenvalue weighted by Gasteiger charge is -2.49. The van der Waals surface area contributed by atoms with E-state index in [0.29, 0.717) is 40.0 Å². The highest BCUT2D eigenvalue weighted by Crippen LogP contribution is 2.41. The maximum Gasteiger partial charge on any atom is 0.352 e. The van der Waals surface area contributed by atoms with Crippen LogP contribution >= 0.6 is 23.5 Å². The molecule has 0 radical (unpaired) electrons. The van der Waals surface area contributed by atoms with Crippen LogP contribution in [0.15, 0.2) is 47.0 Å². The van der Waals surface area contributed by atoms with Crippen molar-refractivity contribution in [3.05, 3.63) is 47.4 Å². The molecule has 10 nitrogen and oxygen atoms in total. The number of rotatable bonds is 8. The Morgan fingerprint density at radius 2 is 2.16 bits per heavy atom. The lowest BCUT2D eigenvalue weighted by Crippen LogP contribution is -2.70. The highest BCUT2D eigenvalue weighted by molar-refractivity contribution is 8.01. The maximum atomic E-state index is 12.8. The number of carbonyl (C=O) groups excluding carboxylic acids is 2. The highest BCUT2D eigenvalue weighted by atomic mass is 32.2. The minimum absolute atomic E-state index is 0.0148. The summed E-state index contributed by atoms with van der Waals surface area (Å²) in [6.07, 6.45) is 1.67. The molecule has 12 heteroatoms. The number of aliphatic carboxylic acids is 1. The van der Waals surface area contributed by atoms with Crippen LogP contribution in [0.3, 0.4) is 0 Å². The molecular weight excluding hydrogens is 452 g/mol. The van der Waals surface area contributed by atoms with E-state index >= 15 is 0 Å². The first kappa shape index (κ1) is 22.2. The number of benzene rings is 1. The number of anilines is 1. The minimum Gasteiger partial charge on any atom is -0.477 e. The third-order valence-electron chi connectivity index (χ3n) is 5.19. The molecule has 2 aliphatic heterocycles. The van der Waals surface area contributed by atoms with Crippen molar-refractivity contribution in [2.45, 2.75) is 36.5 Å². The Labute approximate surface area is 192 Å². The summed E-state index contributed by atoms with van der Waals surface area (Å²) >= 11 is 2.77. The number of thioether (sulfide) groups is 2. The quantitative estimate of drug-likeness (QED) is 0.289. The minimum atomic E-state index is -1.16. The van der Waals surface area contributed by atoms with E-state index in [1.54, 1.807) is 35.3 Å². The molecule has 2 aliphatic rings. The van der Waals surface area contributed by atoms with Crippen molar-refractivity contribution in [1.29, 1.82) is 0 Å². The van der Waals surface area contributed by atoms with Crippen LogP contribution in [0.5, 0.6) is 0 Å². The highest BCUT2D eigenvalue weighted by Gasteiger charge is 2.54. The summed E-state index contributed by atoms with van der Waals surface area (Å²) in [5.41, 5.74) is 7.68. The molecule has 1 aromatic carbocycles. The van der Waals surface area contributed by atoms with Gasteiger partial charge >= 0.3 is 5.97 Å². The van der Waals surface area contributed by atoms with Crippen molar-refractivity contribution in [3.8, 4) is 0 Å². The zero-order valence-corrected chi connectivity index (χ0v) is 18.9. The number of carboxylic acid groups (broad SMARTS) is 1. The van der Waals surface area contributed by atoms with Crippen LogP contribution in [-0.4, -0.2) is 65.5 Å². The van der Waals surface area contributed by atoms with Crippen LogP contribution in [0.2, 0.25) is 0 Å². The summed E-state index contributed by atoms with van der Waals surface area (Å²) in [4.78, 5) is 42.7. The number of nitrogen functional groups attached to an aromatic ring is 1. The van der Waals surface area contributed by atoms with Gasteiger partial charge in [0.05, 0.1) is 6.42 Å². The van der Waals surface area contributed by atoms with Crippen LogP contribution in [0.25, 0.3) is 0 Å². The van der Waals surface area contributed by atoms with Crippen molar-refractivity contribution in [3.63, 3.8) is 0 Å². The summed E-state index contributed by atoms with van der Waals surface area (Å²) in [6, 6.07) is 6.28. The van der Waals surface area contributed by atoms with Gasteiger partial charge in [-0.2, -0.15) is 0 Å². The molecule has 2 amide bonds. The predicted octanol–water partition coefficient (Wildman–Crippen LogP) is 0.954. The number of hydrogen-bond acceptors (Lipinski definition) is 8. The molecule has 3 heterocycles. The molecule has 4 N–H and O–H groups in total. The Morgan fingerprint density at radius 3 is 2.84 bits per heavy atom. The van der Waals surface area contributed by atoms with Crippen molar-refractivity contribution in [2.75, 3.05) is 17.2 Å². The molecule has 4 rings (SSSR count). The lowest BCUT2D eigenvalue weighted by molar-refractivity contribution is -0.150. The maximum absolute atomic E-state index is 12.8. The molecule has 0 bridgehead atoms. The van der Waals surface area contributed by atoms with Crippen LogP contribution in [-0.2, 0) is 27.3 Å². The summed E-state index contributed by atoms with van der Waals surface area (Å²) in [7, 11) is 0. The van der Waals surface area contributed by atoms with Gasteiger partial charge in [-0.15, -0.1) is 16.9 Å². The molecule has 32 heavy (non-hydrogen) atoms. The Kier molecular flexibility index (Phi) is 6.42. The van der Waals surface area contributed by atoms with E-state index < -0.39 is 23.3 Å². The number of nitrogens with one attached hydrogen (secondary N) is 1. The first-order valence-corrected chi connectivity index (χ1v) is 12.0. The van der Waals surface area contributed by atoms with E-state index in [2.05, 4.69) is 15.4 Å². The number of carbonyl (C=O) groups is 3. The first-order chi connectivity index (χ1) is 15.4. The molecule has 0 saturated carbocycles. The van der Waals surface area contributed by atoms with Gasteiger partial charge in [-0.25, -0.2) is 9.78 Å². The van der Waals surface area contributed by atoms with E-state index in [0.717, 1.165) is 0 Å². The second kappa shape index (κ2) is 9.25. The van der Waals surface area contributed by atoms with Crippen LogP contribution in [0.1, 0.15) is 12.5 Å². The van der Waals surface area contributed by atoms with Gasteiger partial charge in [0, 0.05) is 23.7 Å². The van der Waals surface area contributed by atoms with Crippen molar-refractivity contribution < 1.29 is 19.5 Å². The topological polar surface area (TPSA) is 143 Å². The predicted molar refractivity (Wildman–Crippen MR) is 121 cm³/mol. The average molecular weight is 475 g/mol. The summed E-state index contributed by atoms with van der Waals surface area (Å²) in [6.45, 7) is 2.64. The Morgan fingerprint density at radius 1 is 1.38 bits per heavy atom. The molecular formula is C20H22N6O4S2. The molecule has 1 aromatic heterocycles. The smallest absolute Gasteiger partial charge is 0.352 e. The molecule has 0 aliphatic carbocycles. The van der Waals surface area contributed by atoms with E-state index in [4.69, 9.17) is 5.73 Å². The zero-order chi connectivity index (χ0) is 22.8. The van der Waals surface area contributed by atoms with Gasteiger partial charge in [0.15, 0.2) is 0 Å². The monoisotopic (exact) mass is 474 g/mol. The molecule has 0 spiro atoms. The van der Waals surface area contributed by atoms with E-state index in [1.807, 2.05) is 6.92 Å². The third-order valence-corrected chi connectivity index (χ3v) is 7.47. The normalized spacial score (nSPS) is 20.0. The molecule has 1 saturated heterocycles. The Balaban J connectivity index is 1.43. The SMILES string of the molecule is CCn1cnc(SCC2=C(C(=O)O)N3C(=O)C(NC(=O)Cc4ccccc4N)[C@H]3SC2)n1. The number of amides is 2. The Bertz CT molecular complexity index is 1100. The summed E-state index contributed by atoms with van der Waals surface area (Å²) in [5, 5.41) is 16.9. The fraction of sp³-hybridized carbons (Fsp3) is 0.350. The van der Waals surface area contributed by atoms with Crippen molar-refractivity contribution in [2.24, 2.45) is 0 Å². The van der Waals surface area contributed by atoms with Crippen molar-refractivity contribution >= 4 is 47.0 Å². The van der Waals surface area contributed by atoms with Gasteiger partial charge in [0.1, 0.15) is 23.4 Å².